The van der Waals surface area contributed by atoms with Crippen LogP contribution in [0.25, 0.3) is 0 Å². The molecule has 31 heavy (non-hydrogen) atoms. The molecule has 1 fully saturated rings. The van der Waals surface area contributed by atoms with Crippen molar-refractivity contribution in [1.82, 2.24) is 15.5 Å². The summed E-state index contributed by atoms with van der Waals surface area (Å²) in [7, 11) is 0. The van der Waals surface area contributed by atoms with Gasteiger partial charge in [0.2, 0.25) is 5.91 Å². The monoisotopic (exact) mass is 433 g/mol. The highest BCUT2D eigenvalue weighted by Gasteiger charge is 2.24. The Labute approximate surface area is 184 Å². The Kier molecular flexibility index (Phi) is 8.71. The Morgan fingerprint density at radius 2 is 1.81 bits per heavy atom. The summed E-state index contributed by atoms with van der Waals surface area (Å²) in [5.74, 6) is 0.548. The second kappa shape index (κ2) is 11.0. The maximum Gasteiger partial charge on any atom is 0.407 e. The molecule has 0 aromatic heterocycles. The van der Waals surface area contributed by atoms with Crippen molar-refractivity contribution in [1.29, 1.82) is 0 Å². The second-order valence-corrected chi connectivity index (χ2v) is 8.96. The van der Waals surface area contributed by atoms with Gasteiger partial charge in [-0.05, 0) is 59.1 Å². The molecule has 2 N–H and O–H groups in total. The van der Waals surface area contributed by atoms with Crippen molar-refractivity contribution < 1.29 is 23.9 Å². The maximum atomic E-state index is 12.4. The summed E-state index contributed by atoms with van der Waals surface area (Å²) in [6, 6.07) is 5.90. The molecule has 1 aliphatic heterocycles. The Hall–Kier alpha value is -2.77. The molecule has 2 rings (SSSR count). The number of aryl methyl sites for hydroxylation is 2. The average molecular weight is 434 g/mol. The van der Waals surface area contributed by atoms with Crippen LogP contribution in [0, 0.1) is 13.8 Å². The molecule has 1 aromatic carbocycles. The summed E-state index contributed by atoms with van der Waals surface area (Å²) in [4.78, 5) is 37.9. The Bertz CT molecular complexity index is 780. The first-order valence-electron chi connectivity index (χ1n) is 10.8. The minimum atomic E-state index is -0.568. The molecule has 172 valence electrons. The number of rotatable bonds is 7. The molecule has 0 bridgehead atoms. The predicted octanol–water partition coefficient (Wildman–Crippen LogP) is 2.70. The number of carbonyl (C=O) groups excluding carboxylic acids is 3. The summed E-state index contributed by atoms with van der Waals surface area (Å²) in [5.41, 5.74) is 1.60. The van der Waals surface area contributed by atoms with E-state index < -0.39 is 11.7 Å². The fourth-order valence-electron chi connectivity index (χ4n) is 3.36. The van der Waals surface area contributed by atoms with Crippen LogP contribution in [0.15, 0.2) is 18.2 Å². The number of likely N-dealkylation sites (tertiary alicyclic amines) is 1. The molecule has 0 atom stereocenters. The third-order valence-electron chi connectivity index (χ3n) is 4.91. The summed E-state index contributed by atoms with van der Waals surface area (Å²) in [6.07, 6.45) is 1.04. The third kappa shape index (κ3) is 8.86. The largest absolute Gasteiger partial charge is 0.484 e. The maximum absolute atomic E-state index is 12.4. The molecule has 3 amide bonds. The summed E-state index contributed by atoms with van der Waals surface area (Å²) in [5, 5.41) is 5.55. The van der Waals surface area contributed by atoms with E-state index in [1.807, 2.05) is 32.0 Å². The Morgan fingerprint density at radius 1 is 1.13 bits per heavy atom. The van der Waals surface area contributed by atoms with Gasteiger partial charge in [-0.2, -0.15) is 0 Å². The second-order valence-electron chi connectivity index (χ2n) is 8.96. The lowest BCUT2D eigenvalue weighted by Crippen LogP contribution is -2.48. The standard InChI is InChI=1S/C23H35N3O5/c1-16-6-7-19(17(2)14-16)30-15-21(28)26-12-9-18(10-13-26)25-20(27)8-11-24-22(29)31-23(3,4)5/h6-7,14,18H,8-13,15H2,1-5H3,(H,24,29)(H,25,27). The van der Waals surface area contributed by atoms with Gasteiger partial charge in [-0.25, -0.2) is 4.79 Å². The number of carbonyl (C=O) groups is 3. The predicted molar refractivity (Wildman–Crippen MR) is 118 cm³/mol. The fraction of sp³-hybridized carbons (Fsp3) is 0.609. The molecule has 0 spiro atoms. The minimum Gasteiger partial charge on any atom is -0.484 e. The highest BCUT2D eigenvalue weighted by atomic mass is 16.6. The number of piperidine rings is 1. The van der Waals surface area contributed by atoms with E-state index in [1.165, 1.54) is 0 Å². The first-order chi connectivity index (χ1) is 14.5. The van der Waals surface area contributed by atoms with Gasteiger partial charge in [0.1, 0.15) is 11.4 Å². The molecule has 0 saturated carbocycles. The van der Waals surface area contributed by atoms with Crippen molar-refractivity contribution >= 4 is 17.9 Å². The van der Waals surface area contributed by atoms with Crippen molar-refractivity contribution in [2.75, 3.05) is 26.2 Å². The summed E-state index contributed by atoms with van der Waals surface area (Å²) >= 11 is 0. The molecule has 8 heteroatoms. The molecule has 1 saturated heterocycles. The van der Waals surface area contributed by atoms with Gasteiger partial charge < -0.3 is 25.0 Å². The smallest absolute Gasteiger partial charge is 0.407 e. The van der Waals surface area contributed by atoms with Crippen LogP contribution in [0.2, 0.25) is 0 Å². The van der Waals surface area contributed by atoms with Crippen molar-refractivity contribution in [3.63, 3.8) is 0 Å². The van der Waals surface area contributed by atoms with E-state index in [0.29, 0.717) is 25.9 Å². The summed E-state index contributed by atoms with van der Waals surface area (Å²) < 4.78 is 10.8. The van der Waals surface area contributed by atoms with Crippen LogP contribution >= 0.6 is 0 Å². The molecule has 8 nitrogen and oxygen atoms in total. The molecular formula is C23H35N3O5. The van der Waals surface area contributed by atoms with Gasteiger partial charge >= 0.3 is 6.09 Å². The minimum absolute atomic E-state index is 0.0112. The lowest BCUT2D eigenvalue weighted by Gasteiger charge is -2.32. The summed E-state index contributed by atoms with van der Waals surface area (Å²) in [6.45, 7) is 10.7. The van der Waals surface area contributed by atoms with Crippen LogP contribution in [0.1, 0.15) is 51.2 Å². The van der Waals surface area contributed by atoms with Crippen molar-refractivity contribution in [3.05, 3.63) is 29.3 Å². The molecule has 0 aliphatic carbocycles. The molecule has 0 radical (unpaired) electrons. The Morgan fingerprint density at radius 3 is 2.42 bits per heavy atom. The third-order valence-corrected chi connectivity index (χ3v) is 4.91. The zero-order valence-electron chi connectivity index (χ0n) is 19.2. The number of alkyl carbamates (subject to hydrolysis) is 1. The van der Waals surface area contributed by atoms with E-state index >= 15 is 0 Å². The van der Waals surface area contributed by atoms with E-state index in [2.05, 4.69) is 10.6 Å². The zero-order valence-corrected chi connectivity index (χ0v) is 19.2. The number of amides is 3. The van der Waals surface area contributed by atoms with Gasteiger partial charge in [0.25, 0.3) is 5.91 Å². The van der Waals surface area contributed by atoms with Crippen LogP contribution in [0.3, 0.4) is 0 Å². The van der Waals surface area contributed by atoms with Gasteiger partial charge in [-0.1, -0.05) is 17.7 Å². The Balaban J connectivity index is 1.64. The zero-order chi connectivity index (χ0) is 23.0. The van der Waals surface area contributed by atoms with Crippen molar-refractivity contribution in [2.24, 2.45) is 0 Å². The van der Waals surface area contributed by atoms with E-state index in [1.54, 1.807) is 25.7 Å². The van der Waals surface area contributed by atoms with Crippen LogP contribution in [0.5, 0.6) is 5.75 Å². The highest BCUT2D eigenvalue weighted by Crippen LogP contribution is 2.19. The SMILES string of the molecule is Cc1ccc(OCC(=O)N2CCC(NC(=O)CCNC(=O)OC(C)(C)C)CC2)c(C)c1. The van der Waals surface area contributed by atoms with Crippen LogP contribution in [0.4, 0.5) is 4.79 Å². The highest BCUT2D eigenvalue weighted by molar-refractivity contribution is 5.78. The van der Waals surface area contributed by atoms with Crippen molar-refractivity contribution in [2.45, 2.75) is 65.5 Å². The van der Waals surface area contributed by atoms with Gasteiger partial charge in [0.15, 0.2) is 6.61 Å². The molecular weight excluding hydrogens is 398 g/mol. The van der Waals surface area contributed by atoms with Gasteiger partial charge in [-0.15, -0.1) is 0 Å². The van der Waals surface area contributed by atoms with Gasteiger partial charge in [0.05, 0.1) is 0 Å². The molecule has 1 aromatic rings. The van der Waals surface area contributed by atoms with Crippen LogP contribution in [-0.4, -0.2) is 60.7 Å². The number of nitrogens with zero attached hydrogens (tertiary/aromatic N) is 1. The van der Waals surface area contributed by atoms with Crippen LogP contribution < -0.4 is 15.4 Å². The lowest BCUT2D eigenvalue weighted by molar-refractivity contribution is -0.134. The van der Waals surface area contributed by atoms with Crippen molar-refractivity contribution in [3.8, 4) is 5.75 Å². The molecule has 1 heterocycles. The molecule has 0 unspecified atom stereocenters. The number of hydrogen-bond donors (Lipinski definition) is 2. The average Bonchev–Trinajstić information content (AvgIpc) is 2.66. The van der Waals surface area contributed by atoms with E-state index in [4.69, 9.17) is 9.47 Å². The lowest BCUT2D eigenvalue weighted by atomic mass is 10.0. The van der Waals surface area contributed by atoms with E-state index in [0.717, 1.165) is 16.9 Å². The quantitative estimate of drug-likeness (QED) is 0.689. The number of hydrogen-bond acceptors (Lipinski definition) is 5. The first kappa shape index (κ1) is 24.5. The van der Waals surface area contributed by atoms with E-state index in [-0.39, 0.29) is 37.4 Å². The van der Waals surface area contributed by atoms with Crippen LogP contribution in [-0.2, 0) is 14.3 Å². The number of nitrogens with one attached hydrogen (secondary N) is 2. The number of benzene rings is 1. The van der Waals surface area contributed by atoms with E-state index in [9.17, 15) is 14.4 Å². The van der Waals surface area contributed by atoms with Gasteiger partial charge in [-0.3, -0.25) is 9.59 Å². The first-order valence-corrected chi connectivity index (χ1v) is 10.8. The number of ether oxygens (including phenoxy) is 2. The normalized spacial score (nSPS) is 14.7. The topological polar surface area (TPSA) is 97.0 Å². The van der Waals surface area contributed by atoms with Gasteiger partial charge in [0, 0.05) is 32.1 Å². The molecule has 1 aliphatic rings. The fourth-order valence-corrected chi connectivity index (χ4v) is 3.36.